The Morgan fingerprint density at radius 2 is 1.07 bits per heavy atom. The SMILES string of the molecule is CNC(=O)c1ccc(-c2ccc(C(=O)Nc3ccc(-c4ccc(I)cc4C(F)(F)F)c(C(F)(F)F)c3)cc2)cc1. The van der Waals surface area contributed by atoms with E-state index in [-0.39, 0.29) is 20.7 Å². The second-order valence-electron chi connectivity index (χ2n) is 8.63. The summed E-state index contributed by atoms with van der Waals surface area (Å²) in [5.74, 6) is -0.938. The summed E-state index contributed by atoms with van der Waals surface area (Å²) in [7, 11) is 1.52. The number of amides is 2. The van der Waals surface area contributed by atoms with Crippen molar-refractivity contribution in [3.63, 3.8) is 0 Å². The van der Waals surface area contributed by atoms with Crippen LogP contribution < -0.4 is 10.6 Å². The maximum atomic E-state index is 14.0. The highest BCUT2D eigenvalue weighted by molar-refractivity contribution is 14.1. The van der Waals surface area contributed by atoms with Crippen LogP contribution in [0, 0.1) is 3.57 Å². The molecule has 0 spiro atoms. The molecule has 0 unspecified atom stereocenters. The number of hydrogen-bond acceptors (Lipinski definition) is 2. The van der Waals surface area contributed by atoms with Crippen LogP contribution in [0.25, 0.3) is 22.3 Å². The van der Waals surface area contributed by atoms with Crippen molar-refractivity contribution in [2.75, 3.05) is 12.4 Å². The predicted molar refractivity (Wildman–Crippen MR) is 148 cm³/mol. The molecule has 0 aliphatic rings. The van der Waals surface area contributed by atoms with Gasteiger partial charge in [0.2, 0.25) is 0 Å². The molecule has 4 rings (SSSR count). The smallest absolute Gasteiger partial charge is 0.355 e. The Morgan fingerprint density at radius 3 is 1.55 bits per heavy atom. The van der Waals surface area contributed by atoms with E-state index in [0.29, 0.717) is 11.6 Å². The Hall–Kier alpha value is -3.87. The summed E-state index contributed by atoms with van der Waals surface area (Å²) in [6.07, 6.45) is -9.86. The van der Waals surface area contributed by atoms with E-state index in [4.69, 9.17) is 0 Å². The van der Waals surface area contributed by atoms with Crippen LogP contribution in [0.15, 0.2) is 84.9 Å². The van der Waals surface area contributed by atoms with Crippen molar-refractivity contribution >= 4 is 40.1 Å². The number of halogens is 7. The average Bonchev–Trinajstić information content (AvgIpc) is 2.92. The standard InChI is InChI=1S/C29H19F6IN2O2/c1-37-26(39)18-6-2-16(3-7-18)17-4-8-19(9-5-17)27(40)38-21-11-13-23(25(15-21)29(33,34)35)22-12-10-20(36)14-24(22)28(30,31)32/h2-15H,1H3,(H,37,39)(H,38,40). The van der Waals surface area contributed by atoms with Gasteiger partial charge in [-0.1, -0.05) is 36.4 Å². The molecule has 4 aromatic carbocycles. The number of hydrogen-bond donors (Lipinski definition) is 2. The molecule has 4 nitrogen and oxygen atoms in total. The van der Waals surface area contributed by atoms with Gasteiger partial charge in [0.15, 0.2) is 0 Å². The lowest BCUT2D eigenvalue weighted by atomic mass is 9.94. The zero-order chi connectivity index (χ0) is 29.2. The van der Waals surface area contributed by atoms with Crippen LogP contribution in [0.5, 0.6) is 0 Å². The number of anilines is 1. The van der Waals surface area contributed by atoms with E-state index in [1.807, 2.05) is 0 Å². The maximum absolute atomic E-state index is 14.0. The normalized spacial score (nSPS) is 11.7. The third-order valence-electron chi connectivity index (χ3n) is 6.01. The lowest BCUT2D eigenvalue weighted by molar-refractivity contribution is -0.139. The van der Waals surface area contributed by atoms with Gasteiger partial charge >= 0.3 is 12.4 Å². The lowest BCUT2D eigenvalue weighted by Crippen LogP contribution is -2.17. The molecule has 0 aliphatic heterocycles. The van der Waals surface area contributed by atoms with Crippen molar-refractivity contribution in [3.05, 3.63) is 111 Å². The molecule has 0 radical (unpaired) electrons. The summed E-state index contributed by atoms with van der Waals surface area (Å²) in [4.78, 5) is 24.5. The highest BCUT2D eigenvalue weighted by Gasteiger charge is 2.38. The molecular formula is C29H19F6IN2O2. The van der Waals surface area contributed by atoms with Gasteiger partial charge in [0.05, 0.1) is 11.1 Å². The molecule has 0 fully saturated rings. The fraction of sp³-hybridized carbons (Fsp3) is 0.103. The molecule has 40 heavy (non-hydrogen) atoms. The van der Waals surface area contributed by atoms with Gasteiger partial charge in [-0.3, -0.25) is 9.59 Å². The lowest BCUT2D eigenvalue weighted by Gasteiger charge is -2.19. The van der Waals surface area contributed by atoms with Crippen LogP contribution in [0.2, 0.25) is 0 Å². The second-order valence-corrected chi connectivity index (χ2v) is 9.88. The molecule has 0 heterocycles. The third kappa shape index (κ3) is 6.46. The molecule has 4 aromatic rings. The number of benzene rings is 4. The third-order valence-corrected chi connectivity index (χ3v) is 6.69. The summed E-state index contributed by atoms with van der Waals surface area (Å²) in [5.41, 5.74) is -1.85. The van der Waals surface area contributed by atoms with E-state index in [2.05, 4.69) is 10.6 Å². The zero-order valence-corrected chi connectivity index (χ0v) is 22.7. The minimum Gasteiger partial charge on any atom is -0.355 e. The maximum Gasteiger partial charge on any atom is 0.417 e. The Bertz CT molecular complexity index is 1560. The van der Waals surface area contributed by atoms with Crippen LogP contribution in [-0.4, -0.2) is 18.9 Å². The average molecular weight is 668 g/mol. The number of nitrogens with one attached hydrogen (secondary N) is 2. The Balaban J connectivity index is 1.60. The fourth-order valence-electron chi connectivity index (χ4n) is 4.05. The molecule has 0 saturated heterocycles. The van der Waals surface area contributed by atoms with Gasteiger partial charge in [-0.25, -0.2) is 0 Å². The van der Waals surface area contributed by atoms with Gasteiger partial charge in [0.25, 0.3) is 11.8 Å². The summed E-state index contributed by atoms with van der Waals surface area (Å²) >= 11 is 1.66. The summed E-state index contributed by atoms with van der Waals surface area (Å²) < 4.78 is 83.0. The molecule has 2 amide bonds. The summed E-state index contributed by atoms with van der Waals surface area (Å²) in [6.45, 7) is 0. The molecule has 206 valence electrons. The van der Waals surface area contributed by atoms with E-state index < -0.39 is 40.5 Å². The number of rotatable bonds is 5. The molecule has 0 atom stereocenters. The zero-order valence-electron chi connectivity index (χ0n) is 20.5. The highest BCUT2D eigenvalue weighted by atomic mass is 127. The second kappa shape index (κ2) is 11.3. The minimum atomic E-state index is -4.99. The first-order valence-electron chi connectivity index (χ1n) is 11.6. The highest BCUT2D eigenvalue weighted by Crippen LogP contribution is 2.44. The Labute approximate surface area is 238 Å². The fourth-order valence-corrected chi connectivity index (χ4v) is 4.54. The minimum absolute atomic E-state index is 0.153. The van der Waals surface area contributed by atoms with E-state index in [9.17, 15) is 35.9 Å². The molecule has 0 bridgehead atoms. The van der Waals surface area contributed by atoms with Crippen molar-refractivity contribution in [2.45, 2.75) is 12.4 Å². The molecular weight excluding hydrogens is 649 g/mol. The van der Waals surface area contributed by atoms with Crippen LogP contribution >= 0.6 is 22.6 Å². The monoisotopic (exact) mass is 668 g/mol. The van der Waals surface area contributed by atoms with Crippen molar-refractivity contribution < 1.29 is 35.9 Å². The topological polar surface area (TPSA) is 58.2 Å². The van der Waals surface area contributed by atoms with Gasteiger partial charge in [-0.05, 0) is 93.4 Å². The van der Waals surface area contributed by atoms with Crippen LogP contribution in [0.3, 0.4) is 0 Å². The first-order chi connectivity index (χ1) is 18.8. The van der Waals surface area contributed by atoms with Gasteiger partial charge in [-0.2, -0.15) is 26.3 Å². The van der Waals surface area contributed by atoms with Crippen molar-refractivity contribution in [1.82, 2.24) is 5.32 Å². The first-order valence-corrected chi connectivity index (χ1v) is 12.7. The molecule has 0 aliphatic carbocycles. The molecule has 11 heteroatoms. The van der Waals surface area contributed by atoms with Crippen LogP contribution in [0.1, 0.15) is 31.8 Å². The number of carbonyl (C=O) groups excluding carboxylic acids is 2. The van der Waals surface area contributed by atoms with Gasteiger partial charge in [0.1, 0.15) is 0 Å². The van der Waals surface area contributed by atoms with Gasteiger partial charge < -0.3 is 10.6 Å². The van der Waals surface area contributed by atoms with E-state index in [1.54, 1.807) is 59.0 Å². The van der Waals surface area contributed by atoms with Crippen LogP contribution in [-0.2, 0) is 12.4 Å². The first kappa shape index (κ1) is 29.1. The van der Waals surface area contributed by atoms with Crippen molar-refractivity contribution in [3.8, 4) is 22.3 Å². The van der Waals surface area contributed by atoms with Gasteiger partial charge in [-0.15, -0.1) is 0 Å². The molecule has 0 saturated carbocycles. The molecule has 0 aromatic heterocycles. The Morgan fingerprint density at radius 1 is 0.625 bits per heavy atom. The summed E-state index contributed by atoms with van der Waals surface area (Å²) in [5, 5.41) is 4.90. The Kier molecular flexibility index (Phi) is 8.24. The molecule has 2 N–H and O–H groups in total. The largest absolute Gasteiger partial charge is 0.417 e. The van der Waals surface area contributed by atoms with E-state index in [1.165, 1.54) is 25.2 Å². The van der Waals surface area contributed by atoms with Crippen LogP contribution in [0.4, 0.5) is 32.0 Å². The van der Waals surface area contributed by atoms with Gasteiger partial charge in [0, 0.05) is 27.4 Å². The van der Waals surface area contributed by atoms with Crippen molar-refractivity contribution in [2.24, 2.45) is 0 Å². The number of carbonyl (C=O) groups is 2. The predicted octanol–water partition coefficient (Wildman–Crippen LogP) is 8.27. The quantitative estimate of drug-likeness (QED) is 0.166. The van der Waals surface area contributed by atoms with Crippen molar-refractivity contribution in [1.29, 1.82) is 0 Å². The van der Waals surface area contributed by atoms with E-state index in [0.717, 1.165) is 35.4 Å². The van der Waals surface area contributed by atoms with E-state index >= 15 is 0 Å². The summed E-state index contributed by atoms with van der Waals surface area (Å²) in [6, 6.07) is 18.7. The number of alkyl halides is 6.